The fraction of sp³-hybridized carbons (Fsp3) is 0.900. The largest absolute Gasteiger partial charge is 0.340 e. The zero-order valence-corrected chi connectivity index (χ0v) is 9.08. The second-order valence-corrected chi connectivity index (χ2v) is 3.63. The summed E-state index contributed by atoms with van der Waals surface area (Å²) in [6, 6.07) is 1.30. The summed E-state index contributed by atoms with van der Waals surface area (Å²) in [5.74, 6) is 0.229. The molecule has 0 radical (unpaired) electrons. The smallest absolute Gasteiger partial charge is 0.219 e. The molecule has 3 heterocycles. The van der Waals surface area contributed by atoms with Gasteiger partial charge < -0.3 is 4.90 Å². The molecule has 2 atom stereocenters. The summed E-state index contributed by atoms with van der Waals surface area (Å²) < 4.78 is 0. The van der Waals surface area contributed by atoms with Gasteiger partial charge in [0, 0.05) is 32.1 Å². The van der Waals surface area contributed by atoms with Crippen molar-refractivity contribution in [2.45, 2.75) is 39.3 Å². The average molecular weight is 184 g/mol. The molecule has 3 aliphatic heterocycles. The van der Waals surface area contributed by atoms with Crippen molar-refractivity contribution in [2.24, 2.45) is 0 Å². The fourth-order valence-electron chi connectivity index (χ4n) is 2.05. The minimum absolute atomic E-state index is 0.229. The van der Waals surface area contributed by atoms with E-state index in [2.05, 4.69) is 11.9 Å². The molecule has 3 fully saturated rings. The maximum absolute atomic E-state index is 11.0. The SMILES string of the molecule is CC.CC(=O)N1CC2CC(C1)N2C. The molecule has 2 bridgehead atoms. The summed E-state index contributed by atoms with van der Waals surface area (Å²) in [6.45, 7) is 7.55. The molecule has 0 aliphatic carbocycles. The van der Waals surface area contributed by atoms with E-state index >= 15 is 0 Å². The van der Waals surface area contributed by atoms with Crippen molar-refractivity contribution >= 4 is 5.91 Å². The highest BCUT2D eigenvalue weighted by atomic mass is 16.2. The number of fused-ring (bicyclic) bond motifs is 2. The Morgan fingerprint density at radius 1 is 1.23 bits per heavy atom. The zero-order valence-electron chi connectivity index (χ0n) is 9.08. The molecule has 2 unspecified atom stereocenters. The second-order valence-electron chi connectivity index (χ2n) is 3.63. The van der Waals surface area contributed by atoms with Gasteiger partial charge in [0.15, 0.2) is 0 Å². The lowest BCUT2D eigenvalue weighted by atomic mass is 9.88. The number of nitrogens with zero attached hydrogens (tertiary/aromatic N) is 2. The number of piperazine rings is 1. The van der Waals surface area contributed by atoms with Gasteiger partial charge in [-0.15, -0.1) is 0 Å². The monoisotopic (exact) mass is 184 g/mol. The Kier molecular flexibility index (Phi) is 3.31. The zero-order chi connectivity index (χ0) is 10.0. The average Bonchev–Trinajstić information content (AvgIpc) is 2.20. The molecule has 1 amide bonds. The van der Waals surface area contributed by atoms with Crippen LogP contribution in [0.5, 0.6) is 0 Å². The summed E-state index contributed by atoms with van der Waals surface area (Å²) in [5.41, 5.74) is 0. The highest BCUT2D eigenvalue weighted by molar-refractivity contribution is 5.73. The molecule has 76 valence electrons. The molecular weight excluding hydrogens is 164 g/mol. The Morgan fingerprint density at radius 3 is 2.00 bits per heavy atom. The first kappa shape index (κ1) is 10.5. The third-order valence-corrected chi connectivity index (χ3v) is 3.00. The Balaban J connectivity index is 0.000000396. The van der Waals surface area contributed by atoms with Crippen molar-refractivity contribution < 1.29 is 4.79 Å². The van der Waals surface area contributed by atoms with Crippen LogP contribution >= 0.6 is 0 Å². The van der Waals surface area contributed by atoms with Crippen molar-refractivity contribution in [1.29, 1.82) is 0 Å². The molecular formula is C10H20N2O. The number of carbonyl (C=O) groups is 1. The quantitative estimate of drug-likeness (QED) is 0.559. The topological polar surface area (TPSA) is 23.6 Å². The van der Waals surface area contributed by atoms with Crippen molar-refractivity contribution in [3.05, 3.63) is 0 Å². The van der Waals surface area contributed by atoms with Gasteiger partial charge in [-0.25, -0.2) is 0 Å². The normalized spacial score (nSPS) is 31.5. The Morgan fingerprint density at radius 2 is 1.69 bits per heavy atom. The van der Waals surface area contributed by atoms with Crippen LogP contribution in [-0.4, -0.2) is 47.9 Å². The van der Waals surface area contributed by atoms with Crippen molar-refractivity contribution in [3.63, 3.8) is 0 Å². The molecule has 0 spiro atoms. The molecule has 3 heteroatoms. The highest BCUT2D eigenvalue weighted by Crippen LogP contribution is 2.29. The second kappa shape index (κ2) is 4.09. The van der Waals surface area contributed by atoms with Gasteiger partial charge in [0.25, 0.3) is 0 Å². The van der Waals surface area contributed by atoms with Crippen molar-refractivity contribution in [2.75, 3.05) is 20.1 Å². The first-order valence-electron chi connectivity index (χ1n) is 5.16. The number of carbonyl (C=O) groups excluding carboxylic acids is 1. The number of amides is 1. The minimum Gasteiger partial charge on any atom is -0.340 e. The van der Waals surface area contributed by atoms with Gasteiger partial charge in [-0.3, -0.25) is 9.69 Å². The van der Waals surface area contributed by atoms with Gasteiger partial charge in [0.1, 0.15) is 0 Å². The molecule has 3 rings (SSSR count). The summed E-state index contributed by atoms with van der Waals surface area (Å²) in [7, 11) is 2.15. The first-order chi connectivity index (χ1) is 6.18. The third-order valence-electron chi connectivity index (χ3n) is 3.00. The number of likely N-dealkylation sites (N-methyl/N-ethyl adjacent to an activating group) is 1. The van der Waals surface area contributed by atoms with Gasteiger partial charge in [0.05, 0.1) is 0 Å². The molecule has 0 aromatic heterocycles. The predicted octanol–water partition coefficient (Wildman–Crippen LogP) is 0.947. The van der Waals surface area contributed by atoms with Gasteiger partial charge in [-0.2, -0.15) is 0 Å². The summed E-state index contributed by atoms with van der Waals surface area (Å²) in [6.07, 6.45) is 1.29. The van der Waals surface area contributed by atoms with Crippen molar-refractivity contribution in [3.8, 4) is 0 Å². The van der Waals surface area contributed by atoms with Crippen LogP contribution in [0, 0.1) is 0 Å². The molecule has 0 aromatic carbocycles. The number of piperidine rings is 1. The lowest BCUT2D eigenvalue weighted by Gasteiger charge is -2.54. The van der Waals surface area contributed by atoms with Crippen LogP contribution in [0.3, 0.4) is 0 Å². The molecule has 13 heavy (non-hydrogen) atoms. The minimum atomic E-state index is 0.229. The van der Waals surface area contributed by atoms with E-state index in [-0.39, 0.29) is 5.91 Å². The molecule has 3 saturated heterocycles. The first-order valence-corrected chi connectivity index (χ1v) is 5.16. The fourth-order valence-corrected chi connectivity index (χ4v) is 2.05. The van der Waals surface area contributed by atoms with E-state index in [1.807, 2.05) is 18.7 Å². The lowest BCUT2D eigenvalue weighted by Crippen LogP contribution is -2.67. The Bertz CT molecular complexity index is 181. The van der Waals surface area contributed by atoms with Crippen LogP contribution in [0.4, 0.5) is 0 Å². The maximum atomic E-state index is 11.0. The predicted molar refractivity (Wildman–Crippen MR) is 53.6 cm³/mol. The van der Waals surface area contributed by atoms with Gasteiger partial charge in [-0.1, -0.05) is 13.8 Å². The summed E-state index contributed by atoms with van der Waals surface area (Å²) >= 11 is 0. The van der Waals surface area contributed by atoms with E-state index in [4.69, 9.17) is 0 Å². The van der Waals surface area contributed by atoms with Gasteiger partial charge in [-0.05, 0) is 13.5 Å². The number of rotatable bonds is 0. The van der Waals surface area contributed by atoms with Gasteiger partial charge in [0.2, 0.25) is 5.91 Å². The number of hydrogen-bond donors (Lipinski definition) is 0. The van der Waals surface area contributed by atoms with Crippen LogP contribution in [0.1, 0.15) is 27.2 Å². The molecule has 0 aromatic rings. The van der Waals surface area contributed by atoms with E-state index in [1.54, 1.807) is 6.92 Å². The van der Waals surface area contributed by atoms with Crippen LogP contribution < -0.4 is 0 Å². The van der Waals surface area contributed by atoms with Gasteiger partial charge >= 0.3 is 0 Å². The Labute approximate surface area is 80.7 Å². The molecule has 3 nitrogen and oxygen atoms in total. The van der Waals surface area contributed by atoms with E-state index in [1.165, 1.54) is 6.42 Å². The van der Waals surface area contributed by atoms with Crippen LogP contribution in [-0.2, 0) is 4.79 Å². The van der Waals surface area contributed by atoms with E-state index < -0.39 is 0 Å². The number of hydrogen-bond acceptors (Lipinski definition) is 2. The standard InChI is InChI=1S/C8H14N2O.C2H6/c1-6(11)10-4-7-3-8(5-10)9(7)2;1-2/h7-8H,3-5H2,1-2H3;1-2H3. The van der Waals surface area contributed by atoms with E-state index in [0.29, 0.717) is 12.1 Å². The lowest BCUT2D eigenvalue weighted by molar-refractivity contribution is -0.139. The maximum Gasteiger partial charge on any atom is 0.219 e. The van der Waals surface area contributed by atoms with E-state index in [9.17, 15) is 4.79 Å². The van der Waals surface area contributed by atoms with E-state index in [0.717, 1.165) is 13.1 Å². The molecule has 3 aliphatic rings. The van der Waals surface area contributed by atoms with Crippen LogP contribution in [0.25, 0.3) is 0 Å². The van der Waals surface area contributed by atoms with Crippen LogP contribution in [0.2, 0.25) is 0 Å². The molecule has 0 saturated carbocycles. The Hall–Kier alpha value is -0.570. The van der Waals surface area contributed by atoms with Crippen LogP contribution in [0.15, 0.2) is 0 Å². The molecule has 0 N–H and O–H groups in total. The highest BCUT2D eigenvalue weighted by Gasteiger charge is 2.42. The van der Waals surface area contributed by atoms with Crippen molar-refractivity contribution in [1.82, 2.24) is 9.80 Å². The third kappa shape index (κ3) is 1.85. The summed E-state index contributed by atoms with van der Waals surface area (Å²) in [4.78, 5) is 15.3. The summed E-state index contributed by atoms with van der Waals surface area (Å²) in [5, 5.41) is 0.